The molecule has 1 saturated carbocycles. The van der Waals surface area contributed by atoms with Crippen molar-refractivity contribution in [1.82, 2.24) is 10.2 Å². The van der Waals surface area contributed by atoms with Gasteiger partial charge in [-0.1, -0.05) is 12.8 Å². The lowest BCUT2D eigenvalue weighted by Gasteiger charge is -2.11. The van der Waals surface area contributed by atoms with Crippen LogP contribution in [0.1, 0.15) is 31.4 Å². The molecule has 0 spiro atoms. The molecule has 0 aromatic carbocycles. The summed E-state index contributed by atoms with van der Waals surface area (Å²) in [5.74, 6) is 0.322. The molecule has 4 nitrogen and oxygen atoms in total. The molecule has 1 aliphatic rings. The molecule has 1 aromatic heterocycles. The van der Waals surface area contributed by atoms with Crippen molar-refractivity contribution < 1.29 is 17.9 Å². The van der Waals surface area contributed by atoms with Gasteiger partial charge in [-0.3, -0.25) is 0 Å². The minimum absolute atomic E-state index is 0.322. The second-order valence-corrected chi connectivity index (χ2v) is 4.51. The van der Waals surface area contributed by atoms with E-state index in [4.69, 9.17) is 4.74 Å². The fraction of sp³-hybridized carbons (Fsp3) is 0.667. The molecule has 0 aliphatic heterocycles. The monoisotopic (exact) mass is 275 g/mol. The van der Waals surface area contributed by atoms with E-state index < -0.39 is 11.9 Å². The summed E-state index contributed by atoms with van der Waals surface area (Å²) in [6, 6.07) is 2.18. The standard InChI is InChI=1S/C12H16F3N3O/c13-12(14,15)10-5-6-11(18-17-10)16-7-8-19-9-3-1-2-4-9/h5-6,9H,1-4,7-8H2,(H,16,18). The molecule has 2 rings (SSSR count). The maximum Gasteiger partial charge on any atom is 0.435 e. The molecular weight excluding hydrogens is 259 g/mol. The van der Waals surface area contributed by atoms with Gasteiger partial charge >= 0.3 is 6.18 Å². The van der Waals surface area contributed by atoms with Crippen LogP contribution in [-0.4, -0.2) is 29.5 Å². The van der Waals surface area contributed by atoms with Crippen LogP contribution in [0.5, 0.6) is 0 Å². The number of hydrogen-bond acceptors (Lipinski definition) is 4. The summed E-state index contributed by atoms with van der Waals surface area (Å²) in [5, 5.41) is 9.49. The largest absolute Gasteiger partial charge is 0.435 e. The van der Waals surface area contributed by atoms with Gasteiger partial charge in [0.25, 0.3) is 0 Å². The van der Waals surface area contributed by atoms with Crippen molar-refractivity contribution in [3.63, 3.8) is 0 Å². The summed E-state index contributed by atoms with van der Waals surface area (Å²) >= 11 is 0. The number of rotatable bonds is 5. The molecular formula is C12H16F3N3O. The predicted octanol–water partition coefficient (Wildman–Crippen LogP) is 2.87. The quantitative estimate of drug-likeness (QED) is 0.839. The summed E-state index contributed by atoms with van der Waals surface area (Å²) in [6.07, 6.45) is 0.503. The lowest BCUT2D eigenvalue weighted by Crippen LogP contribution is -2.16. The summed E-state index contributed by atoms with van der Waals surface area (Å²) in [7, 11) is 0. The minimum Gasteiger partial charge on any atom is -0.376 e. The van der Waals surface area contributed by atoms with Gasteiger partial charge in [-0.2, -0.15) is 13.2 Å². The Morgan fingerprint density at radius 2 is 1.95 bits per heavy atom. The molecule has 1 aromatic rings. The van der Waals surface area contributed by atoms with E-state index in [0.29, 0.717) is 25.1 Å². The summed E-state index contributed by atoms with van der Waals surface area (Å²) in [5.41, 5.74) is -0.986. The first-order chi connectivity index (χ1) is 9.05. The van der Waals surface area contributed by atoms with Crippen molar-refractivity contribution in [3.05, 3.63) is 17.8 Å². The zero-order valence-corrected chi connectivity index (χ0v) is 10.4. The first kappa shape index (κ1) is 14.0. The molecule has 1 heterocycles. The van der Waals surface area contributed by atoms with Gasteiger partial charge in [-0.05, 0) is 25.0 Å². The average Bonchev–Trinajstić information content (AvgIpc) is 2.87. The Morgan fingerprint density at radius 3 is 2.53 bits per heavy atom. The number of hydrogen-bond donors (Lipinski definition) is 1. The third-order valence-corrected chi connectivity index (χ3v) is 3.02. The molecule has 106 valence electrons. The molecule has 0 amide bonds. The van der Waals surface area contributed by atoms with Crippen molar-refractivity contribution in [3.8, 4) is 0 Å². The molecule has 1 N–H and O–H groups in total. The zero-order valence-electron chi connectivity index (χ0n) is 10.4. The van der Waals surface area contributed by atoms with Crippen molar-refractivity contribution in [1.29, 1.82) is 0 Å². The van der Waals surface area contributed by atoms with Crippen LogP contribution in [0.15, 0.2) is 12.1 Å². The highest BCUT2D eigenvalue weighted by molar-refractivity contribution is 5.33. The van der Waals surface area contributed by atoms with Crippen LogP contribution in [0.2, 0.25) is 0 Å². The van der Waals surface area contributed by atoms with E-state index >= 15 is 0 Å². The number of nitrogens with zero attached hydrogens (tertiary/aromatic N) is 2. The van der Waals surface area contributed by atoms with E-state index in [9.17, 15) is 13.2 Å². The number of halogens is 3. The van der Waals surface area contributed by atoms with E-state index in [1.165, 1.54) is 18.9 Å². The summed E-state index contributed by atoms with van der Waals surface area (Å²) in [4.78, 5) is 0. The third-order valence-electron chi connectivity index (χ3n) is 3.02. The van der Waals surface area contributed by atoms with Crippen LogP contribution in [0, 0.1) is 0 Å². The van der Waals surface area contributed by atoms with E-state index in [-0.39, 0.29) is 0 Å². The maximum absolute atomic E-state index is 12.3. The highest BCUT2D eigenvalue weighted by Crippen LogP contribution is 2.27. The second-order valence-electron chi connectivity index (χ2n) is 4.51. The Balaban J connectivity index is 1.71. The smallest absolute Gasteiger partial charge is 0.376 e. The third kappa shape index (κ3) is 4.34. The zero-order chi connectivity index (χ0) is 13.7. The Morgan fingerprint density at radius 1 is 1.21 bits per heavy atom. The van der Waals surface area contributed by atoms with Crippen LogP contribution < -0.4 is 5.32 Å². The molecule has 0 radical (unpaired) electrons. The SMILES string of the molecule is FC(F)(F)c1ccc(NCCOC2CCCC2)nn1. The van der Waals surface area contributed by atoms with E-state index in [1.54, 1.807) is 0 Å². The fourth-order valence-corrected chi connectivity index (χ4v) is 2.04. The molecule has 7 heteroatoms. The van der Waals surface area contributed by atoms with E-state index in [2.05, 4.69) is 15.5 Å². The Hall–Kier alpha value is -1.37. The van der Waals surface area contributed by atoms with Crippen LogP contribution in [0.25, 0.3) is 0 Å². The van der Waals surface area contributed by atoms with Gasteiger partial charge in [-0.15, -0.1) is 10.2 Å². The number of alkyl halides is 3. The number of nitrogens with one attached hydrogen (secondary N) is 1. The van der Waals surface area contributed by atoms with E-state index in [1.807, 2.05) is 0 Å². The van der Waals surface area contributed by atoms with Crippen molar-refractivity contribution in [2.75, 3.05) is 18.5 Å². The van der Waals surface area contributed by atoms with Gasteiger partial charge < -0.3 is 10.1 Å². The van der Waals surface area contributed by atoms with Gasteiger partial charge in [0, 0.05) is 6.54 Å². The molecule has 0 unspecified atom stereocenters. The maximum atomic E-state index is 12.3. The van der Waals surface area contributed by atoms with Gasteiger partial charge in [0.05, 0.1) is 12.7 Å². The van der Waals surface area contributed by atoms with Crippen LogP contribution in [0.3, 0.4) is 0 Å². The first-order valence-corrected chi connectivity index (χ1v) is 6.32. The minimum atomic E-state index is -4.45. The summed E-state index contributed by atoms with van der Waals surface area (Å²) < 4.78 is 42.4. The number of anilines is 1. The van der Waals surface area contributed by atoms with Crippen LogP contribution in [0.4, 0.5) is 19.0 Å². The number of aromatic nitrogens is 2. The molecule has 1 fully saturated rings. The van der Waals surface area contributed by atoms with Gasteiger partial charge in [0.2, 0.25) is 0 Å². The summed E-state index contributed by atoms with van der Waals surface area (Å²) in [6.45, 7) is 1.03. The topological polar surface area (TPSA) is 47.0 Å². The Kier molecular flexibility index (Phi) is 4.57. The highest BCUT2D eigenvalue weighted by atomic mass is 19.4. The second kappa shape index (κ2) is 6.18. The fourth-order valence-electron chi connectivity index (χ4n) is 2.04. The number of ether oxygens (including phenoxy) is 1. The normalized spacial score (nSPS) is 16.8. The molecule has 0 bridgehead atoms. The molecule has 19 heavy (non-hydrogen) atoms. The van der Waals surface area contributed by atoms with Gasteiger partial charge in [0.1, 0.15) is 5.82 Å². The predicted molar refractivity (Wildman–Crippen MR) is 63.7 cm³/mol. The molecule has 0 atom stereocenters. The van der Waals surface area contributed by atoms with Crippen LogP contribution >= 0.6 is 0 Å². The van der Waals surface area contributed by atoms with Crippen LogP contribution in [-0.2, 0) is 10.9 Å². The Labute approximate surface area is 109 Å². The highest BCUT2D eigenvalue weighted by Gasteiger charge is 2.32. The Bertz CT molecular complexity index is 388. The molecule has 0 saturated heterocycles. The van der Waals surface area contributed by atoms with Crippen molar-refractivity contribution >= 4 is 5.82 Å². The lowest BCUT2D eigenvalue weighted by molar-refractivity contribution is -0.141. The van der Waals surface area contributed by atoms with Crippen molar-refractivity contribution in [2.45, 2.75) is 38.0 Å². The van der Waals surface area contributed by atoms with E-state index in [0.717, 1.165) is 18.9 Å². The molecule has 1 aliphatic carbocycles. The lowest BCUT2D eigenvalue weighted by atomic mass is 10.3. The van der Waals surface area contributed by atoms with Crippen molar-refractivity contribution in [2.24, 2.45) is 0 Å². The van der Waals surface area contributed by atoms with Gasteiger partial charge in [-0.25, -0.2) is 0 Å². The average molecular weight is 275 g/mol. The van der Waals surface area contributed by atoms with Gasteiger partial charge in [0.15, 0.2) is 5.69 Å². The first-order valence-electron chi connectivity index (χ1n) is 6.32.